The van der Waals surface area contributed by atoms with Crippen molar-refractivity contribution >= 4 is 0 Å². The van der Waals surface area contributed by atoms with Gasteiger partial charge in [0.15, 0.2) is 6.29 Å². The molecule has 0 aromatic heterocycles. The molecule has 0 aromatic rings. The first-order valence-electron chi connectivity index (χ1n) is 3.87. The Kier molecular flexibility index (Phi) is 1.99. The standard InChI is InChI=1S/C8H16O3/c1-6-9-7(2,3)8(4,5)11-10-6/h6H,1-5H3. The minimum Gasteiger partial charge on any atom is -0.341 e. The molecule has 0 bridgehead atoms. The predicted octanol–water partition coefficient (Wildman–Crippen LogP) is 1.87. The van der Waals surface area contributed by atoms with Gasteiger partial charge in [0.2, 0.25) is 0 Å². The zero-order valence-electron chi connectivity index (χ0n) is 7.80. The molecular formula is C8H16O3. The fraction of sp³-hybridized carbons (Fsp3) is 1.00. The Bertz CT molecular complexity index is 151. The average Bonchev–Trinajstić information content (AvgIpc) is 1.80. The molecule has 0 aliphatic carbocycles. The highest BCUT2D eigenvalue weighted by atomic mass is 17.2. The second kappa shape index (κ2) is 2.44. The van der Waals surface area contributed by atoms with Crippen LogP contribution in [0.4, 0.5) is 0 Å². The normalized spacial score (nSPS) is 35.2. The van der Waals surface area contributed by atoms with Gasteiger partial charge in [0.1, 0.15) is 5.60 Å². The van der Waals surface area contributed by atoms with Crippen LogP contribution in [0.5, 0.6) is 0 Å². The molecular weight excluding hydrogens is 144 g/mol. The molecule has 0 aromatic carbocycles. The van der Waals surface area contributed by atoms with E-state index < -0.39 is 0 Å². The van der Waals surface area contributed by atoms with Gasteiger partial charge in [-0.05, 0) is 34.6 Å². The molecule has 1 atom stereocenters. The molecule has 11 heavy (non-hydrogen) atoms. The molecule has 1 saturated heterocycles. The van der Waals surface area contributed by atoms with Crippen LogP contribution in [-0.4, -0.2) is 17.5 Å². The highest BCUT2D eigenvalue weighted by Crippen LogP contribution is 2.34. The van der Waals surface area contributed by atoms with Crippen molar-refractivity contribution < 1.29 is 14.5 Å². The summed E-state index contributed by atoms with van der Waals surface area (Å²) in [4.78, 5) is 10.1. The van der Waals surface area contributed by atoms with E-state index >= 15 is 0 Å². The van der Waals surface area contributed by atoms with Gasteiger partial charge in [-0.3, -0.25) is 0 Å². The Morgan fingerprint density at radius 2 is 1.55 bits per heavy atom. The van der Waals surface area contributed by atoms with E-state index in [1.807, 2.05) is 34.6 Å². The van der Waals surface area contributed by atoms with Crippen LogP contribution in [0.1, 0.15) is 34.6 Å². The van der Waals surface area contributed by atoms with Crippen LogP contribution < -0.4 is 0 Å². The van der Waals surface area contributed by atoms with Crippen molar-refractivity contribution in [2.45, 2.75) is 52.1 Å². The van der Waals surface area contributed by atoms with Crippen molar-refractivity contribution in [2.75, 3.05) is 0 Å². The van der Waals surface area contributed by atoms with E-state index in [0.29, 0.717) is 0 Å². The Morgan fingerprint density at radius 3 is 1.91 bits per heavy atom. The second-order valence-corrected chi connectivity index (χ2v) is 3.89. The highest BCUT2D eigenvalue weighted by Gasteiger charge is 2.45. The van der Waals surface area contributed by atoms with Gasteiger partial charge in [0, 0.05) is 0 Å². The van der Waals surface area contributed by atoms with Gasteiger partial charge in [-0.25, -0.2) is 9.78 Å². The van der Waals surface area contributed by atoms with Crippen molar-refractivity contribution in [1.29, 1.82) is 0 Å². The lowest BCUT2D eigenvalue weighted by Gasteiger charge is -2.45. The summed E-state index contributed by atoms with van der Waals surface area (Å²) in [6.07, 6.45) is -0.280. The molecule has 1 unspecified atom stereocenters. The molecule has 0 spiro atoms. The van der Waals surface area contributed by atoms with E-state index in [0.717, 1.165) is 0 Å². The lowest BCUT2D eigenvalue weighted by atomic mass is 9.89. The Morgan fingerprint density at radius 1 is 1.00 bits per heavy atom. The maximum absolute atomic E-state index is 5.54. The topological polar surface area (TPSA) is 27.7 Å². The second-order valence-electron chi connectivity index (χ2n) is 3.89. The maximum atomic E-state index is 5.54. The van der Waals surface area contributed by atoms with E-state index in [-0.39, 0.29) is 17.5 Å². The van der Waals surface area contributed by atoms with Crippen LogP contribution in [0.15, 0.2) is 0 Å². The first kappa shape index (κ1) is 8.97. The molecule has 0 radical (unpaired) electrons. The van der Waals surface area contributed by atoms with Crippen LogP contribution >= 0.6 is 0 Å². The zero-order chi connectivity index (χ0) is 8.70. The lowest BCUT2D eigenvalue weighted by Crippen LogP contribution is -2.55. The predicted molar refractivity (Wildman–Crippen MR) is 40.9 cm³/mol. The lowest BCUT2D eigenvalue weighted by molar-refractivity contribution is -0.495. The van der Waals surface area contributed by atoms with Crippen LogP contribution in [0.3, 0.4) is 0 Å². The van der Waals surface area contributed by atoms with Gasteiger partial charge in [-0.1, -0.05) is 0 Å². The van der Waals surface area contributed by atoms with Crippen molar-refractivity contribution in [1.82, 2.24) is 0 Å². The van der Waals surface area contributed by atoms with E-state index in [1.165, 1.54) is 0 Å². The molecule has 1 fully saturated rings. The van der Waals surface area contributed by atoms with E-state index in [2.05, 4.69) is 0 Å². The third kappa shape index (κ3) is 1.55. The summed E-state index contributed by atoms with van der Waals surface area (Å²) in [5.41, 5.74) is -0.690. The fourth-order valence-electron chi connectivity index (χ4n) is 0.865. The minimum atomic E-state index is -0.389. The summed E-state index contributed by atoms with van der Waals surface area (Å²) < 4.78 is 5.54. The third-order valence-corrected chi connectivity index (χ3v) is 2.30. The van der Waals surface area contributed by atoms with Gasteiger partial charge >= 0.3 is 0 Å². The van der Waals surface area contributed by atoms with Crippen molar-refractivity contribution in [3.8, 4) is 0 Å². The average molecular weight is 160 g/mol. The van der Waals surface area contributed by atoms with Gasteiger partial charge in [0.05, 0.1) is 5.60 Å². The largest absolute Gasteiger partial charge is 0.341 e. The highest BCUT2D eigenvalue weighted by molar-refractivity contribution is 4.89. The van der Waals surface area contributed by atoms with Crippen LogP contribution in [0.25, 0.3) is 0 Å². The summed E-state index contributed by atoms with van der Waals surface area (Å²) >= 11 is 0. The van der Waals surface area contributed by atoms with Crippen molar-refractivity contribution in [3.05, 3.63) is 0 Å². The number of hydrogen-bond acceptors (Lipinski definition) is 3. The summed E-state index contributed by atoms with van der Waals surface area (Å²) in [5.74, 6) is 0. The minimum absolute atomic E-state index is 0.280. The molecule has 1 heterocycles. The summed E-state index contributed by atoms with van der Waals surface area (Å²) in [6, 6.07) is 0. The molecule has 1 aliphatic rings. The zero-order valence-corrected chi connectivity index (χ0v) is 7.80. The van der Waals surface area contributed by atoms with Crippen LogP contribution in [0.2, 0.25) is 0 Å². The number of rotatable bonds is 0. The molecule has 0 N–H and O–H groups in total. The summed E-state index contributed by atoms with van der Waals surface area (Å²) in [5, 5.41) is 0. The summed E-state index contributed by atoms with van der Waals surface area (Å²) in [7, 11) is 0. The Labute approximate surface area is 67.6 Å². The number of ether oxygens (including phenoxy) is 1. The van der Waals surface area contributed by atoms with Crippen LogP contribution in [-0.2, 0) is 14.5 Å². The molecule has 0 saturated carbocycles. The molecule has 66 valence electrons. The monoisotopic (exact) mass is 160 g/mol. The molecule has 1 aliphatic heterocycles. The third-order valence-electron chi connectivity index (χ3n) is 2.30. The van der Waals surface area contributed by atoms with Crippen LogP contribution in [0, 0.1) is 0 Å². The van der Waals surface area contributed by atoms with Gasteiger partial charge in [-0.15, -0.1) is 0 Å². The molecule has 1 rings (SSSR count). The van der Waals surface area contributed by atoms with E-state index in [9.17, 15) is 0 Å². The summed E-state index contributed by atoms with van der Waals surface area (Å²) in [6.45, 7) is 9.69. The first-order chi connectivity index (χ1) is 4.85. The molecule has 3 nitrogen and oxygen atoms in total. The van der Waals surface area contributed by atoms with Crippen molar-refractivity contribution in [3.63, 3.8) is 0 Å². The fourth-order valence-corrected chi connectivity index (χ4v) is 0.865. The number of hydrogen-bond donors (Lipinski definition) is 0. The Balaban J connectivity index is 2.72. The Hall–Kier alpha value is -0.120. The van der Waals surface area contributed by atoms with Gasteiger partial charge in [-0.2, -0.15) is 0 Å². The van der Waals surface area contributed by atoms with Crippen molar-refractivity contribution in [2.24, 2.45) is 0 Å². The molecule has 3 heteroatoms. The SMILES string of the molecule is CC1OOC(C)(C)C(C)(C)O1. The smallest absolute Gasteiger partial charge is 0.189 e. The van der Waals surface area contributed by atoms with E-state index in [1.54, 1.807) is 0 Å². The maximum Gasteiger partial charge on any atom is 0.189 e. The first-order valence-corrected chi connectivity index (χ1v) is 3.87. The quantitative estimate of drug-likeness (QED) is 0.506. The molecule has 0 amide bonds. The van der Waals surface area contributed by atoms with Gasteiger partial charge in [0.25, 0.3) is 0 Å². The van der Waals surface area contributed by atoms with Gasteiger partial charge < -0.3 is 4.74 Å². The van der Waals surface area contributed by atoms with E-state index in [4.69, 9.17) is 14.5 Å².